The van der Waals surface area contributed by atoms with E-state index in [1.807, 2.05) is 0 Å². The monoisotopic (exact) mass is 338 g/mol. The quantitative estimate of drug-likeness (QED) is 0.864. The minimum absolute atomic E-state index is 0.0267. The molecule has 5 nitrogen and oxygen atoms in total. The molecule has 0 heterocycles. The molecule has 112 valence electrons. The Morgan fingerprint density at radius 1 is 1.20 bits per heavy atom. The molecule has 0 bridgehead atoms. The van der Waals surface area contributed by atoms with Crippen LogP contribution in [0.1, 0.15) is 13.8 Å². The normalized spacial score (nSPS) is 11.7. The molecule has 0 aliphatic carbocycles. The lowest BCUT2D eigenvalue weighted by Crippen LogP contribution is -2.40. The van der Waals surface area contributed by atoms with E-state index in [1.54, 1.807) is 13.8 Å². The average molecular weight is 339 g/mol. The van der Waals surface area contributed by atoms with Crippen molar-refractivity contribution in [2.45, 2.75) is 18.7 Å². The van der Waals surface area contributed by atoms with Gasteiger partial charge in [-0.2, -0.15) is 4.31 Å². The van der Waals surface area contributed by atoms with Gasteiger partial charge in [0.1, 0.15) is 0 Å². The zero-order valence-electron chi connectivity index (χ0n) is 11.2. The maximum absolute atomic E-state index is 12.4. The predicted molar refractivity (Wildman–Crippen MR) is 79.6 cm³/mol. The molecule has 0 radical (unpaired) electrons. The summed E-state index contributed by atoms with van der Waals surface area (Å²) < 4.78 is 25.9. The Labute approximate surface area is 128 Å². The summed E-state index contributed by atoms with van der Waals surface area (Å²) in [5.41, 5.74) is 0. The fraction of sp³-hybridized carbons (Fsp3) is 0.417. The van der Waals surface area contributed by atoms with Crippen molar-refractivity contribution in [3.8, 4) is 0 Å². The highest BCUT2D eigenvalue weighted by molar-refractivity contribution is 7.89. The zero-order valence-corrected chi connectivity index (χ0v) is 13.5. The first-order valence-corrected chi connectivity index (χ1v) is 8.23. The van der Waals surface area contributed by atoms with Crippen LogP contribution in [0.2, 0.25) is 10.0 Å². The van der Waals surface area contributed by atoms with Crippen LogP contribution in [0.3, 0.4) is 0 Å². The van der Waals surface area contributed by atoms with Crippen molar-refractivity contribution < 1.29 is 13.2 Å². The van der Waals surface area contributed by atoms with Crippen molar-refractivity contribution in [2.75, 3.05) is 19.6 Å². The second-order valence-electron chi connectivity index (χ2n) is 3.99. The largest absolute Gasteiger partial charge is 0.355 e. The smallest absolute Gasteiger partial charge is 0.243 e. The number of hydrogen-bond acceptors (Lipinski definition) is 3. The fourth-order valence-electron chi connectivity index (χ4n) is 1.61. The van der Waals surface area contributed by atoms with Crippen LogP contribution >= 0.6 is 23.2 Å². The number of hydrogen-bond donors (Lipinski definition) is 1. The van der Waals surface area contributed by atoms with Gasteiger partial charge in [0.25, 0.3) is 0 Å². The Morgan fingerprint density at radius 3 is 2.20 bits per heavy atom. The second kappa shape index (κ2) is 7.26. The Kier molecular flexibility index (Phi) is 6.26. The summed E-state index contributed by atoms with van der Waals surface area (Å²) in [6, 6.07) is 4.06. The van der Waals surface area contributed by atoms with Crippen molar-refractivity contribution >= 4 is 39.1 Å². The van der Waals surface area contributed by atoms with Gasteiger partial charge in [-0.1, -0.05) is 30.1 Å². The number of amides is 1. The summed E-state index contributed by atoms with van der Waals surface area (Å²) in [5, 5.41) is 3.01. The molecule has 1 rings (SSSR count). The van der Waals surface area contributed by atoms with Crippen molar-refractivity contribution in [1.82, 2.24) is 9.62 Å². The van der Waals surface area contributed by atoms with E-state index in [4.69, 9.17) is 23.2 Å². The van der Waals surface area contributed by atoms with Gasteiger partial charge in [-0.05, 0) is 25.1 Å². The molecule has 0 aliphatic heterocycles. The van der Waals surface area contributed by atoms with E-state index in [0.29, 0.717) is 6.54 Å². The first-order chi connectivity index (χ1) is 9.31. The highest BCUT2D eigenvalue weighted by Gasteiger charge is 2.25. The molecule has 1 aromatic carbocycles. The summed E-state index contributed by atoms with van der Waals surface area (Å²) in [7, 11) is -3.81. The molecule has 0 saturated heterocycles. The average Bonchev–Trinajstić information content (AvgIpc) is 2.34. The highest BCUT2D eigenvalue weighted by atomic mass is 35.5. The van der Waals surface area contributed by atoms with Gasteiger partial charge >= 0.3 is 0 Å². The lowest BCUT2D eigenvalue weighted by atomic mass is 10.4. The summed E-state index contributed by atoms with van der Waals surface area (Å²) in [6.45, 7) is 3.79. The number of carbonyl (C=O) groups is 1. The van der Waals surface area contributed by atoms with Crippen LogP contribution < -0.4 is 5.32 Å². The molecule has 20 heavy (non-hydrogen) atoms. The first kappa shape index (κ1) is 17.2. The maximum atomic E-state index is 12.4. The van der Waals surface area contributed by atoms with Crippen molar-refractivity contribution in [2.24, 2.45) is 0 Å². The molecule has 0 spiro atoms. The number of benzene rings is 1. The van der Waals surface area contributed by atoms with E-state index in [0.717, 1.165) is 4.31 Å². The molecule has 0 aliphatic rings. The van der Waals surface area contributed by atoms with E-state index in [-0.39, 0.29) is 33.9 Å². The van der Waals surface area contributed by atoms with Gasteiger partial charge in [0.15, 0.2) is 0 Å². The molecule has 8 heteroatoms. The van der Waals surface area contributed by atoms with Crippen molar-refractivity contribution in [3.63, 3.8) is 0 Å². The van der Waals surface area contributed by atoms with E-state index >= 15 is 0 Å². The van der Waals surface area contributed by atoms with Gasteiger partial charge in [0.2, 0.25) is 15.9 Å². The van der Waals surface area contributed by atoms with E-state index in [2.05, 4.69) is 5.32 Å². The van der Waals surface area contributed by atoms with Gasteiger partial charge in [-0.3, -0.25) is 4.79 Å². The maximum Gasteiger partial charge on any atom is 0.243 e. The van der Waals surface area contributed by atoms with Crippen molar-refractivity contribution in [1.29, 1.82) is 0 Å². The van der Waals surface area contributed by atoms with Gasteiger partial charge in [-0.15, -0.1) is 0 Å². The van der Waals surface area contributed by atoms with Crippen LogP contribution in [0.5, 0.6) is 0 Å². The molecule has 1 N–H and O–H groups in total. The number of sulfonamides is 1. The number of carbonyl (C=O) groups excluding carboxylic acids is 1. The van der Waals surface area contributed by atoms with Crippen LogP contribution in [0, 0.1) is 0 Å². The number of nitrogens with one attached hydrogen (secondary N) is 1. The standard InChI is InChI=1S/C12H16Cl2N2O3S/c1-3-15-12(17)8-16(4-2)20(18,19)11-6-9(13)5-10(14)7-11/h5-7H,3-4,8H2,1-2H3,(H,15,17). The molecule has 0 unspecified atom stereocenters. The molecule has 1 aromatic rings. The minimum atomic E-state index is -3.81. The van der Waals surface area contributed by atoms with Crippen LogP contribution in [0.25, 0.3) is 0 Å². The Morgan fingerprint density at radius 2 is 1.75 bits per heavy atom. The number of halogens is 2. The minimum Gasteiger partial charge on any atom is -0.355 e. The lowest BCUT2D eigenvalue weighted by Gasteiger charge is -2.20. The van der Waals surface area contributed by atoms with Crippen molar-refractivity contribution in [3.05, 3.63) is 28.2 Å². The fourth-order valence-corrected chi connectivity index (χ4v) is 3.74. The molecule has 1 amide bonds. The summed E-state index contributed by atoms with van der Waals surface area (Å²) in [5.74, 6) is -0.356. The van der Waals surface area contributed by atoms with E-state index in [1.165, 1.54) is 18.2 Å². The highest BCUT2D eigenvalue weighted by Crippen LogP contribution is 2.24. The number of nitrogens with zero attached hydrogens (tertiary/aromatic N) is 1. The number of rotatable bonds is 6. The summed E-state index contributed by atoms with van der Waals surface area (Å²) >= 11 is 11.6. The molecule has 0 saturated carbocycles. The van der Waals surface area contributed by atoms with Crippen LogP contribution in [0.4, 0.5) is 0 Å². The van der Waals surface area contributed by atoms with Crippen LogP contribution in [-0.2, 0) is 14.8 Å². The zero-order chi connectivity index (χ0) is 15.3. The molecule has 0 aromatic heterocycles. The Balaban J connectivity index is 3.08. The van der Waals surface area contributed by atoms with Crippen LogP contribution in [-0.4, -0.2) is 38.3 Å². The number of likely N-dealkylation sites (N-methyl/N-ethyl adjacent to an activating group) is 2. The Hall–Kier alpha value is -0.820. The Bertz CT molecular complexity index is 570. The molecule has 0 fully saturated rings. The predicted octanol–water partition coefficient (Wildman–Crippen LogP) is 2.14. The van der Waals surface area contributed by atoms with Gasteiger partial charge < -0.3 is 5.32 Å². The van der Waals surface area contributed by atoms with Gasteiger partial charge in [-0.25, -0.2) is 8.42 Å². The van der Waals surface area contributed by atoms with Gasteiger partial charge in [0.05, 0.1) is 11.4 Å². The lowest BCUT2D eigenvalue weighted by molar-refractivity contribution is -0.121. The summed E-state index contributed by atoms with van der Waals surface area (Å²) in [4.78, 5) is 11.5. The third-order valence-electron chi connectivity index (χ3n) is 2.52. The first-order valence-electron chi connectivity index (χ1n) is 6.04. The SMILES string of the molecule is CCNC(=O)CN(CC)S(=O)(=O)c1cc(Cl)cc(Cl)c1. The third-order valence-corrected chi connectivity index (χ3v) is 4.86. The third kappa shape index (κ3) is 4.34. The molecular formula is C12H16Cl2N2O3S. The van der Waals surface area contributed by atoms with E-state index in [9.17, 15) is 13.2 Å². The van der Waals surface area contributed by atoms with Crippen LogP contribution in [0.15, 0.2) is 23.1 Å². The molecular weight excluding hydrogens is 323 g/mol. The second-order valence-corrected chi connectivity index (χ2v) is 6.80. The van der Waals surface area contributed by atoms with E-state index < -0.39 is 10.0 Å². The summed E-state index contributed by atoms with van der Waals surface area (Å²) in [6.07, 6.45) is 0. The van der Waals surface area contributed by atoms with Gasteiger partial charge in [0, 0.05) is 23.1 Å². The molecule has 0 atom stereocenters. The topological polar surface area (TPSA) is 66.5 Å².